The van der Waals surface area contributed by atoms with Gasteiger partial charge in [0.1, 0.15) is 0 Å². The zero-order valence-corrected chi connectivity index (χ0v) is 35.3. The second-order valence-electron chi connectivity index (χ2n) is 18.6. The molecule has 0 bridgehead atoms. The summed E-state index contributed by atoms with van der Waals surface area (Å²) in [5, 5.41) is 0. The fraction of sp³-hybridized carbons (Fsp3) is 0.172. The fourth-order valence-corrected chi connectivity index (χ4v) is 9.87. The fourth-order valence-electron chi connectivity index (χ4n) is 9.87. The van der Waals surface area contributed by atoms with Crippen LogP contribution in [0.15, 0.2) is 182 Å². The van der Waals surface area contributed by atoms with E-state index in [-0.39, 0.29) is 16.2 Å². The Morgan fingerprint density at radius 2 is 0.746 bits per heavy atom. The van der Waals surface area contributed by atoms with Gasteiger partial charge >= 0.3 is 0 Å². The molecule has 0 saturated heterocycles. The highest BCUT2D eigenvalue weighted by atomic mass is 15.1. The summed E-state index contributed by atoms with van der Waals surface area (Å²) in [4.78, 5) is 2.53. The van der Waals surface area contributed by atoms with E-state index < -0.39 is 0 Å². The summed E-state index contributed by atoms with van der Waals surface area (Å²) >= 11 is 0. The Hall–Kier alpha value is -6.44. The summed E-state index contributed by atoms with van der Waals surface area (Å²) < 4.78 is 0. The van der Waals surface area contributed by atoms with Gasteiger partial charge in [-0.2, -0.15) is 0 Å². The lowest BCUT2D eigenvalue weighted by Crippen LogP contribution is -2.18. The van der Waals surface area contributed by atoms with Gasteiger partial charge in [-0.3, -0.25) is 0 Å². The van der Waals surface area contributed by atoms with Gasteiger partial charge in [-0.1, -0.05) is 200 Å². The Morgan fingerprint density at radius 3 is 1.27 bits per heavy atom. The Labute approximate surface area is 350 Å². The van der Waals surface area contributed by atoms with E-state index in [9.17, 15) is 0 Å². The summed E-state index contributed by atoms with van der Waals surface area (Å²) in [7, 11) is 0. The second kappa shape index (κ2) is 13.6. The molecular weight excluding hydrogens is 711 g/mol. The van der Waals surface area contributed by atoms with E-state index in [1.807, 2.05) is 0 Å². The minimum absolute atomic E-state index is 0.119. The highest BCUT2D eigenvalue weighted by Gasteiger charge is 2.38. The highest BCUT2D eigenvalue weighted by Crippen LogP contribution is 2.54. The van der Waals surface area contributed by atoms with Gasteiger partial charge in [0.25, 0.3) is 0 Å². The molecule has 1 nitrogen and oxygen atoms in total. The summed E-state index contributed by atoms with van der Waals surface area (Å²) in [6.07, 6.45) is 0. The molecular formula is C58H51N. The molecule has 0 N–H and O–H groups in total. The minimum atomic E-state index is -0.134. The molecule has 0 amide bonds. The van der Waals surface area contributed by atoms with Gasteiger partial charge in [0, 0.05) is 27.8 Å². The van der Waals surface area contributed by atoms with Crippen LogP contribution in [0.5, 0.6) is 0 Å². The molecule has 59 heavy (non-hydrogen) atoms. The number of nitrogens with zero attached hydrogens (tertiary/aromatic N) is 1. The van der Waals surface area contributed by atoms with Gasteiger partial charge in [-0.05, 0) is 114 Å². The summed E-state index contributed by atoms with van der Waals surface area (Å²) in [5.41, 5.74) is 22.7. The van der Waals surface area contributed by atoms with Gasteiger partial charge in [-0.25, -0.2) is 0 Å². The van der Waals surface area contributed by atoms with Crippen molar-refractivity contribution < 1.29 is 0 Å². The monoisotopic (exact) mass is 761 g/mol. The normalized spacial score (nSPS) is 14.3. The third-order valence-electron chi connectivity index (χ3n) is 13.3. The van der Waals surface area contributed by atoms with Crippen LogP contribution < -0.4 is 4.90 Å². The maximum Gasteiger partial charge on any atom is 0.0546 e. The predicted octanol–water partition coefficient (Wildman–Crippen LogP) is 16.1. The van der Waals surface area contributed by atoms with Crippen LogP contribution >= 0.6 is 0 Å². The first-order chi connectivity index (χ1) is 28.4. The molecule has 288 valence electrons. The topological polar surface area (TPSA) is 3.24 Å². The Kier molecular flexibility index (Phi) is 8.48. The lowest BCUT2D eigenvalue weighted by Gasteiger charge is -2.31. The molecule has 8 aromatic rings. The number of fused-ring (bicyclic) bond motifs is 6. The van der Waals surface area contributed by atoms with Crippen LogP contribution in [0.25, 0.3) is 55.6 Å². The summed E-state index contributed by atoms with van der Waals surface area (Å²) in [6, 6.07) is 68.3. The van der Waals surface area contributed by atoms with E-state index in [0.29, 0.717) is 0 Å². The van der Waals surface area contributed by atoms with Crippen LogP contribution in [0.3, 0.4) is 0 Å². The van der Waals surface area contributed by atoms with Crippen molar-refractivity contribution in [2.75, 3.05) is 4.90 Å². The predicted molar refractivity (Wildman–Crippen MR) is 251 cm³/mol. The van der Waals surface area contributed by atoms with Crippen LogP contribution in [0.4, 0.5) is 17.1 Å². The largest absolute Gasteiger partial charge is 0.310 e. The average Bonchev–Trinajstić information content (AvgIpc) is 3.63. The Morgan fingerprint density at radius 1 is 0.339 bits per heavy atom. The van der Waals surface area contributed by atoms with Crippen LogP contribution in [-0.2, 0) is 16.2 Å². The molecule has 1 heteroatoms. The summed E-state index contributed by atoms with van der Waals surface area (Å²) in [6.45, 7) is 16.3. The Bertz CT molecular complexity index is 2780. The van der Waals surface area contributed by atoms with Crippen LogP contribution in [0, 0.1) is 0 Å². The molecule has 0 unspecified atom stereocenters. The lowest BCUT2D eigenvalue weighted by molar-refractivity contribution is 0.590. The van der Waals surface area contributed by atoms with Crippen molar-refractivity contribution in [2.45, 2.75) is 64.7 Å². The van der Waals surface area contributed by atoms with Crippen LogP contribution in [-0.4, -0.2) is 0 Å². The van der Waals surface area contributed by atoms with Gasteiger partial charge in [0.15, 0.2) is 0 Å². The molecule has 0 saturated carbocycles. The number of rotatable bonds is 6. The van der Waals surface area contributed by atoms with Gasteiger partial charge in [0.05, 0.1) is 5.69 Å². The van der Waals surface area contributed by atoms with E-state index in [1.54, 1.807) is 0 Å². The zero-order valence-electron chi connectivity index (χ0n) is 35.3. The molecule has 0 fully saturated rings. The molecule has 8 aromatic carbocycles. The van der Waals surface area contributed by atoms with Gasteiger partial charge in [-0.15, -0.1) is 0 Å². The molecule has 0 aromatic heterocycles. The number of benzene rings is 8. The number of hydrogen-bond donors (Lipinski definition) is 0. The van der Waals surface area contributed by atoms with Crippen molar-refractivity contribution in [3.8, 4) is 55.6 Å². The first kappa shape index (κ1) is 36.9. The smallest absolute Gasteiger partial charge is 0.0546 e. The van der Waals surface area contributed by atoms with Crippen molar-refractivity contribution in [1.29, 1.82) is 0 Å². The van der Waals surface area contributed by atoms with Crippen molar-refractivity contribution in [3.05, 3.63) is 210 Å². The first-order valence-electron chi connectivity index (χ1n) is 21.1. The molecule has 0 aliphatic heterocycles. The van der Waals surface area contributed by atoms with Crippen molar-refractivity contribution >= 4 is 17.1 Å². The van der Waals surface area contributed by atoms with Crippen LogP contribution in [0.2, 0.25) is 0 Å². The molecule has 2 aliphatic carbocycles. The molecule has 0 radical (unpaired) electrons. The van der Waals surface area contributed by atoms with E-state index in [1.165, 1.54) is 83.5 Å². The van der Waals surface area contributed by atoms with Crippen LogP contribution in [0.1, 0.15) is 76.3 Å². The Balaban J connectivity index is 1.18. The highest BCUT2D eigenvalue weighted by molar-refractivity contribution is 5.94. The van der Waals surface area contributed by atoms with E-state index in [0.717, 1.165) is 17.1 Å². The van der Waals surface area contributed by atoms with Crippen molar-refractivity contribution in [2.24, 2.45) is 0 Å². The molecule has 10 rings (SSSR count). The van der Waals surface area contributed by atoms with Crippen molar-refractivity contribution in [3.63, 3.8) is 0 Å². The minimum Gasteiger partial charge on any atom is -0.310 e. The van der Waals surface area contributed by atoms with Crippen molar-refractivity contribution in [1.82, 2.24) is 0 Å². The molecule has 2 aliphatic rings. The second-order valence-corrected chi connectivity index (χ2v) is 18.6. The summed E-state index contributed by atoms with van der Waals surface area (Å²) in [5.74, 6) is 0. The maximum absolute atomic E-state index is 2.53. The van der Waals surface area contributed by atoms with E-state index in [2.05, 4.69) is 235 Å². The first-order valence-corrected chi connectivity index (χ1v) is 21.1. The lowest BCUT2D eigenvalue weighted by atomic mass is 9.82. The number of hydrogen-bond acceptors (Lipinski definition) is 1. The molecule has 0 atom stereocenters. The molecule has 0 spiro atoms. The maximum atomic E-state index is 2.53. The SMILES string of the molecule is CC(C)(C)c1ccc(-c2ccc(-c3ccc(-c4ccccc4)cc3N(c3ccc4c(c3)C(C)(C)c3ccccc3-4)c3ccc4c(c3)C(C)(C)c3ccccc3-4)cc2)cc1. The standard InChI is InChI=1S/C58H51N/c1-56(2,3)43-28-25-40(26-29-43)39-21-23-41(24-22-39)46-32-27-42(38-15-9-8-10-16-38)35-55(46)59(44-30-33-49-47-17-11-13-19-51(47)57(4,5)53(49)36-44)45-31-34-50-48-18-12-14-20-52(48)58(6,7)54(50)37-45/h8-37H,1-7H3. The van der Waals surface area contributed by atoms with Gasteiger partial charge in [0.2, 0.25) is 0 Å². The molecule has 0 heterocycles. The van der Waals surface area contributed by atoms with E-state index in [4.69, 9.17) is 0 Å². The third kappa shape index (κ3) is 6.06. The third-order valence-corrected chi connectivity index (χ3v) is 13.3. The quantitative estimate of drug-likeness (QED) is 0.163. The van der Waals surface area contributed by atoms with E-state index >= 15 is 0 Å². The zero-order chi connectivity index (χ0) is 40.7. The average molecular weight is 762 g/mol. The van der Waals surface area contributed by atoms with Gasteiger partial charge < -0.3 is 4.90 Å². The number of anilines is 3.